The van der Waals surface area contributed by atoms with Crippen molar-refractivity contribution in [2.24, 2.45) is 5.92 Å². The summed E-state index contributed by atoms with van der Waals surface area (Å²) in [5.74, 6) is -2.38. The molecule has 2 amide bonds. The SMILES string of the molecule is O=C(NCc1ccc(F)cc1F)[C@@H]1C[C@H]2CCCN2[C@]12C(=O)Nc1ccccc12. The van der Waals surface area contributed by atoms with E-state index in [0.717, 1.165) is 36.7 Å². The summed E-state index contributed by atoms with van der Waals surface area (Å²) < 4.78 is 27.1. The lowest BCUT2D eigenvalue weighted by Gasteiger charge is -2.36. The van der Waals surface area contributed by atoms with Crippen molar-refractivity contribution < 1.29 is 18.4 Å². The fraction of sp³-hybridized carbons (Fsp3) is 0.364. The Morgan fingerprint density at radius 1 is 1.24 bits per heavy atom. The van der Waals surface area contributed by atoms with Crippen molar-refractivity contribution in [3.63, 3.8) is 0 Å². The molecule has 150 valence electrons. The summed E-state index contributed by atoms with van der Waals surface area (Å²) in [6, 6.07) is 11.0. The van der Waals surface area contributed by atoms with Crippen LogP contribution >= 0.6 is 0 Å². The van der Waals surface area contributed by atoms with Crippen LogP contribution in [-0.4, -0.2) is 29.3 Å². The summed E-state index contributed by atoms with van der Waals surface area (Å²) in [6.07, 6.45) is 2.53. The molecule has 29 heavy (non-hydrogen) atoms. The lowest BCUT2D eigenvalue weighted by Crippen LogP contribution is -2.54. The second-order valence-electron chi connectivity index (χ2n) is 8.00. The zero-order chi connectivity index (χ0) is 20.2. The first kappa shape index (κ1) is 18.2. The molecule has 3 aliphatic heterocycles. The lowest BCUT2D eigenvalue weighted by molar-refractivity contribution is -0.137. The van der Waals surface area contributed by atoms with E-state index < -0.39 is 23.1 Å². The summed E-state index contributed by atoms with van der Waals surface area (Å²) in [5, 5.41) is 5.74. The van der Waals surface area contributed by atoms with Crippen molar-refractivity contribution in [1.29, 1.82) is 0 Å². The molecule has 2 aromatic rings. The number of hydrogen-bond donors (Lipinski definition) is 2. The highest BCUT2D eigenvalue weighted by Gasteiger charge is 2.65. The molecule has 3 aliphatic rings. The van der Waals surface area contributed by atoms with Crippen molar-refractivity contribution in [2.75, 3.05) is 11.9 Å². The molecule has 0 bridgehead atoms. The molecule has 0 aromatic heterocycles. The molecule has 3 atom stereocenters. The molecule has 0 saturated carbocycles. The fourth-order valence-corrected chi connectivity index (χ4v) is 5.35. The molecule has 0 unspecified atom stereocenters. The van der Waals surface area contributed by atoms with Gasteiger partial charge in [-0.15, -0.1) is 0 Å². The number of carbonyl (C=O) groups is 2. The Bertz CT molecular complexity index is 1010. The fourth-order valence-electron chi connectivity index (χ4n) is 5.35. The number of nitrogens with zero attached hydrogens (tertiary/aromatic N) is 1. The number of amides is 2. The summed E-state index contributed by atoms with van der Waals surface area (Å²) >= 11 is 0. The smallest absolute Gasteiger partial charge is 0.250 e. The average Bonchev–Trinajstić information content (AvgIpc) is 3.35. The monoisotopic (exact) mass is 397 g/mol. The molecule has 7 heteroatoms. The highest BCUT2D eigenvalue weighted by molar-refractivity contribution is 6.09. The van der Waals surface area contributed by atoms with Crippen LogP contribution in [0.15, 0.2) is 42.5 Å². The first-order valence-corrected chi connectivity index (χ1v) is 9.91. The van der Waals surface area contributed by atoms with Gasteiger partial charge >= 0.3 is 0 Å². The van der Waals surface area contributed by atoms with Gasteiger partial charge in [-0.25, -0.2) is 8.78 Å². The maximum absolute atomic E-state index is 14.0. The number of halogens is 2. The molecule has 0 aliphatic carbocycles. The third-order valence-electron chi connectivity index (χ3n) is 6.56. The minimum absolute atomic E-state index is 0.0501. The van der Waals surface area contributed by atoms with Gasteiger partial charge in [0.15, 0.2) is 0 Å². The van der Waals surface area contributed by atoms with Crippen LogP contribution in [0, 0.1) is 17.6 Å². The van der Waals surface area contributed by atoms with E-state index in [1.807, 2.05) is 24.3 Å². The molecule has 3 heterocycles. The quantitative estimate of drug-likeness (QED) is 0.837. The molecule has 2 N–H and O–H groups in total. The Morgan fingerprint density at radius 2 is 2.07 bits per heavy atom. The van der Waals surface area contributed by atoms with Crippen LogP contribution in [0.4, 0.5) is 14.5 Å². The molecule has 2 aromatic carbocycles. The van der Waals surface area contributed by atoms with Crippen LogP contribution < -0.4 is 10.6 Å². The van der Waals surface area contributed by atoms with E-state index in [-0.39, 0.29) is 30.0 Å². The van der Waals surface area contributed by atoms with Gasteiger partial charge in [0.25, 0.3) is 0 Å². The second-order valence-corrected chi connectivity index (χ2v) is 8.00. The summed E-state index contributed by atoms with van der Waals surface area (Å²) in [6.45, 7) is 0.717. The van der Waals surface area contributed by atoms with Gasteiger partial charge in [-0.2, -0.15) is 0 Å². The van der Waals surface area contributed by atoms with Crippen molar-refractivity contribution in [3.05, 3.63) is 65.2 Å². The van der Waals surface area contributed by atoms with Gasteiger partial charge in [0.1, 0.15) is 17.2 Å². The predicted molar refractivity (Wildman–Crippen MR) is 103 cm³/mol. The maximum atomic E-state index is 14.0. The van der Waals surface area contributed by atoms with Crippen molar-refractivity contribution in [2.45, 2.75) is 37.4 Å². The van der Waals surface area contributed by atoms with Gasteiger partial charge in [0, 0.05) is 35.5 Å². The highest BCUT2D eigenvalue weighted by atomic mass is 19.1. The predicted octanol–water partition coefficient (Wildman–Crippen LogP) is 2.91. The average molecular weight is 397 g/mol. The van der Waals surface area contributed by atoms with Gasteiger partial charge in [-0.3, -0.25) is 14.5 Å². The largest absolute Gasteiger partial charge is 0.352 e. The number of para-hydroxylation sites is 1. The summed E-state index contributed by atoms with van der Waals surface area (Å²) in [5.41, 5.74) is 0.766. The molecule has 5 nitrogen and oxygen atoms in total. The number of carbonyl (C=O) groups excluding carboxylic acids is 2. The third-order valence-corrected chi connectivity index (χ3v) is 6.56. The minimum atomic E-state index is -1.02. The molecular weight excluding hydrogens is 376 g/mol. The summed E-state index contributed by atoms with van der Waals surface area (Å²) in [4.78, 5) is 28.7. The Morgan fingerprint density at radius 3 is 2.90 bits per heavy atom. The molecule has 5 rings (SSSR count). The molecular formula is C22H21F2N3O2. The van der Waals surface area contributed by atoms with Gasteiger partial charge in [-0.1, -0.05) is 24.3 Å². The van der Waals surface area contributed by atoms with E-state index in [1.165, 1.54) is 12.1 Å². The van der Waals surface area contributed by atoms with Crippen molar-refractivity contribution in [1.82, 2.24) is 10.2 Å². The van der Waals surface area contributed by atoms with E-state index in [0.29, 0.717) is 6.42 Å². The molecule has 2 fully saturated rings. The number of anilines is 1. The van der Waals surface area contributed by atoms with E-state index >= 15 is 0 Å². The molecule has 1 spiro atoms. The van der Waals surface area contributed by atoms with Crippen LogP contribution in [0.2, 0.25) is 0 Å². The third kappa shape index (κ3) is 2.60. The van der Waals surface area contributed by atoms with E-state index in [2.05, 4.69) is 15.5 Å². The van der Waals surface area contributed by atoms with E-state index in [9.17, 15) is 18.4 Å². The lowest BCUT2D eigenvalue weighted by atomic mass is 9.78. The van der Waals surface area contributed by atoms with Gasteiger partial charge < -0.3 is 10.6 Å². The first-order chi connectivity index (χ1) is 14.0. The number of rotatable bonds is 3. The van der Waals surface area contributed by atoms with E-state index in [4.69, 9.17) is 0 Å². The van der Waals surface area contributed by atoms with Crippen molar-refractivity contribution in [3.8, 4) is 0 Å². The van der Waals surface area contributed by atoms with Crippen LogP contribution in [0.25, 0.3) is 0 Å². The van der Waals surface area contributed by atoms with Crippen LogP contribution in [0.5, 0.6) is 0 Å². The van der Waals surface area contributed by atoms with E-state index in [1.54, 1.807) is 0 Å². The van der Waals surface area contributed by atoms with Crippen molar-refractivity contribution >= 4 is 17.5 Å². The van der Waals surface area contributed by atoms with Crippen LogP contribution in [0.3, 0.4) is 0 Å². The molecule has 2 saturated heterocycles. The Kier molecular flexibility index (Phi) is 4.17. The second kappa shape index (κ2) is 6.62. The summed E-state index contributed by atoms with van der Waals surface area (Å²) in [7, 11) is 0. The minimum Gasteiger partial charge on any atom is -0.352 e. The van der Waals surface area contributed by atoms with Gasteiger partial charge in [-0.05, 0) is 37.9 Å². The number of fused-ring (bicyclic) bond motifs is 4. The maximum Gasteiger partial charge on any atom is 0.250 e. The number of hydrogen-bond acceptors (Lipinski definition) is 3. The highest BCUT2D eigenvalue weighted by Crippen LogP contribution is 2.55. The number of benzene rings is 2. The Hall–Kier alpha value is -2.80. The Balaban J connectivity index is 1.47. The van der Waals surface area contributed by atoms with Gasteiger partial charge in [0.05, 0.1) is 5.92 Å². The number of nitrogens with one attached hydrogen (secondary N) is 2. The zero-order valence-electron chi connectivity index (χ0n) is 15.8. The van der Waals surface area contributed by atoms with Gasteiger partial charge in [0.2, 0.25) is 11.8 Å². The molecule has 0 radical (unpaired) electrons. The van der Waals surface area contributed by atoms with Crippen LogP contribution in [0.1, 0.15) is 30.4 Å². The normalized spacial score (nSPS) is 27.7. The zero-order valence-corrected chi connectivity index (χ0v) is 15.8. The topological polar surface area (TPSA) is 61.4 Å². The first-order valence-electron chi connectivity index (χ1n) is 9.91. The Labute approximate surface area is 167 Å². The standard InChI is InChI=1S/C22H21F2N3O2/c23-14-8-7-13(18(24)10-14)12-25-20(28)17-11-15-4-3-9-27(15)22(17)16-5-1-2-6-19(16)26-21(22)29/h1-2,5-8,10,15,17H,3-4,9,11-12H2,(H,25,28)(H,26,29)/t15-,17+,22+/m1/s1. The van der Waals surface area contributed by atoms with Crippen LogP contribution in [-0.2, 0) is 21.7 Å².